The summed E-state index contributed by atoms with van der Waals surface area (Å²) in [6.07, 6.45) is -4.47. The molecule has 0 fully saturated rings. The second-order valence-electron chi connectivity index (χ2n) is 5.97. The molecule has 0 aliphatic heterocycles. The molecule has 3 N–H and O–H groups in total. The molecule has 12 heteroatoms. The van der Waals surface area contributed by atoms with E-state index in [-0.39, 0.29) is 47.6 Å². The Balaban J connectivity index is 0.00000450. The molecule has 0 saturated heterocycles. The lowest BCUT2D eigenvalue weighted by Gasteiger charge is -2.11. The normalized spacial score (nSPS) is 11.6. The Morgan fingerprint density at radius 1 is 1.20 bits per heavy atom. The molecule has 0 radical (unpaired) electrons. The number of benzene rings is 1. The molecule has 166 valence electrons. The number of rotatable bonds is 7. The molecular formula is C18H22F4IN5OS. The average molecular weight is 559 g/mol. The largest absolute Gasteiger partial charge is 0.434 e. The number of amides is 1. The fourth-order valence-electron chi connectivity index (χ4n) is 2.20. The molecule has 0 aliphatic rings. The summed E-state index contributed by atoms with van der Waals surface area (Å²) in [5.41, 5.74) is -0.254. The van der Waals surface area contributed by atoms with E-state index >= 15 is 0 Å². The summed E-state index contributed by atoms with van der Waals surface area (Å²) in [6.45, 7) is 4.55. The van der Waals surface area contributed by atoms with Crippen molar-refractivity contribution in [1.82, 2.24) is 20.9 Å². The molecule has 0 bridgehead atoms. The van der Waals surface area contributed by atoms with Gasteiger partial charge in [0.2, 0.25) is 0 Å². The number of alkyl halides is 3. The second-order valence-corrected chi connectivity index (χ2v) is 6.91. The minimum Gasteiger partial charge on any atom is -0.357 e. The zero-order chi connectivity index (χ0) is 21.4. The van der Waals surface area contributed by atoms with Crippen LogP contribution in [0.15, 0.2) is 28.6 Å². The molecule has 1 amide bonds. The molecule has 0 saturated carbocycles. The molecule has 1 heterocycles. The van der Waals surface area contributed by atoms with Crippen LogP contribution in [0.3, 0.4) is 0 Å². The SMILES string of the molecule is CCNC(=NCc1nc(C(F)(F)F)cs1)NCCNC(=O)c1ccc(C)c(F)c1.I. The smallest absolute Gasteiger partial charge is 0.357 e. The Kier molecular flexibility index (Phi) is 10.5. The first kappa shape index (κ1) is 26.1. The van der Waals surface area contributed by atoms with Gasteiger partial charge in [0.05, 0.1) is 6.54 Å². The summed E-state index contributed by atoms with van der Waals surface area (Å²) in [5.74, 6) is -0.477. The molecule has 0 spiro atoms. The molecule has 1 aromatic carbocycles. The lowest BCUT2D eigenvalue weighted by atomic mass is 10.1. The predicted molar refractivity (Wildman–Crippen MR) is 119 cm³/mol. The third-order valence-corrected chi connectivity index (χ3v) is 4.53. The molecule has 0 unspecified atom stereocenters. The predicted octanol–water partition coefficient (Wildman–Crippen LogP) is 3.71. The van der Waals surface area contributed by atoms with Crippen LogP contribution < -0.4 is 16.0 Å². The van der Waals surface area contributed by atoms with Crippen LogP contribution in [0.2, 0.25) is 0 Å². The van der Waals surface area contributed by atoms with E-state index in [9.17, 15) is 22.4 Å². The zero-order valence-corrected chi connectivity index (χ0v) is 19.4. The van der Waals surface area contributed by atoms with Gasteiger partial charge < -0.3 is 16.0 Å². The van der Waals surface area contributed by atoms with Crippen molar-refractivity contribution in [3.05, 3.63) is 51.2 Å². The topological polar surface area (TPSA) is 78.4 Å². The highest BCUT2D eigenvalue weighted by molar-refractivity contribution is 14.0. The lowest BCUT2D eigenvalue weighted by molar-refractivity contribution is -0.140. The summed E-state index contributed by atoms with van der Waals surface area (Å²) < 4.78 is 51.3. The Morgan fingerprint density at radius 3 is 2.50 bits per heavy atom. The van der Waals surface area contributed by atoms with Gasteiger partial charge in [-0.15, -0.1) is 35.3 Å². The van der Waals surface area contributed by atoms with Crippen molar-refractivity contribution in [1.29, 1.82) is 0 Å². The quantitative estimate of drug-likeness (QED) is 0.159. The van der Waals surface area contributed by atoms with E-state index in [1.807, 2.05) is 6.92 Å². The van der Waals surface area contributed by atoms with Gasteiger partial charge in [0.15, 0.2) is 11.7 Å². The van der Waals surface area contributed by atoms with Crippen molar-refractivity contribution in [3.8, 4) is 0 Å². The van der Waals surface area contributed by atoms with Gasteiger partial charge in [-0.3, -0.25) is 4.79 Å². The van der Waals surface area contributed by atoms with Gasteiger partial charge in [0.1, 0.15) is 10.8 Å². The van der Waals surface area contributed by atoms with E-state index in [0.29, 0.717) is 24.6 Å². The van der Waals surface area contributed by atoms with Crippen molar-refractivity contribution in [2.24, 2.45) is 4.99 Å². The molecule has 6 nitrogen and oxygen atoms in total. The number of hydrogen-bond donors (Lipinski definition) is 3. The maximum Gasteiger partial charge on any atom is 0.434 e. The molecule has 30 heavy (non-hydrogen) atoms. The lowest BCUT2D eigenvalue weighted by Crippen LogP contribution is -2.41. The van der Waals surface area contributed by atoms with Gasteiger partial charge in [0.25, 0.3) is 5.91 Å². The molecule has 2 aromatic rings. The van der Waals surface area contributed by atoms with E-state index in [4.69, 9.17) is 0 Å². The Bertz CT molecular complexity index is 873. The number of aromatic nitrogens is 1. The van der Waals surface area contributed by atoms with Crippen molar-refractivity contribution >= 4 is 47.2 Å². The van der Waals surface area contributed by atoms with Crippen LogP contribution in [0.4, 0.5) is 17.6 Å². The van der Waals surface area contributed by atoms with Crippen molar-refractivity contribution in [2.45, 2.75) is 26.6 Å². The van der Waals surface area contributed by atoms with Crippen LogP contribution in [-0.4, -0.2) is 36.5 Å². The number of guanidine groups is 1. The number of nitrogens with zero attached hydrogens (tertiary/aromatic N) is 2. The summed E-state index contributed by atoms with van der Waals surface area (Å²) in [7, 11) is 0. The number of aryl methyl sites for hydroxylation is 1. The van der Waals surface area contributed by atoms with Gasteiger partial charge in [-0.25, -0.2) is 14.4 Å². The van der Waals surface area contributed by atoms with E-state index < -0.39 is 23.6 Å². The van der Waals surface area contributed by atoms with E-state index in [1.165, 1.54) is 18.2 Å². The first-order chi connectivity index (χ1) is 13.7. The van der Waals surface area contributed by atoms with Crippen molar-refractivity contribution < 1.29 is 22.4 Å². The Hall–Kier alpha value is -1.96. The van der Waals surface area contributed by atoms with Crippen LogP contribution in [0, 0.1) is 12.7 Å². The summed E-state index contributed by atoms with van der Waals surface area (Å²) >= 11 is 0.887. The van der Waals surface area contributed by atoms with Gasteiger partial charge in [0, 0.05) is 30.6 Å². The monoisotopic (exact) mass is 559 g/mol. The van der Waals surface area contributed by atoms with Crippen molar-refractivity contribution in [3.63, 3.8) is 0 Å². The number of aliphatic imine (C=N–C) groups is 1. The first-order valence-corrected chi connectivity index (χ1v) is 9.66. The third kappa shape index (κ3) is 8.05. The molecule has 2 rings (SSSR count). The van der Waals surface area contributed by atoms with Crippen LogP contribution in [0.25, 0.3) is 0 Å². The summed E-state index contributed by atoms with van der Waals surface area (Å²) in [5, 5.41) is 9.76. The minimum atomic E-state index is -4.47. The number of carbonyl (C=O) groups is 1. The first-order valence-electron chi connectivity index (χ1n) is 8.78. The third-order valence-electron chi connectivity index (χ3n) is 3.70. The Morgan fingerprint density at radius 2 is 1.90 bits per heavy atom. The van der Waals surface area contributed by atoms with E-state index in [2.05, 4.69) is 25.9 Å². The number of carbonyl (C=O) groups excluding carboxylic acids is 1. The van der Waals surface area contributed by atoms with Crippen LogP contribution in [-0.2, 0) is 12.7 Å². The van der Waals surface area contributed by atoms with Gasteiger partial charge in [-0.05, 0) is 31.5 Å². The number of nitrogens with one attached hydrogen (secondary N) is 3. The van der Waals surface area contributed by atoms with Crippen LogP contribution in [0.5, 0.6) is 0 Å². The summed E-state index contributed by atoms with van der Waals surface area (Å²) in [4.78, 5) is 19.7. The maximum atomic E-state index is 13.5. The number of halogens is 5. The minimum absolute atomic E-state index is 0. The summed E-state index contributed by atoms with van der Waals surface area (Å²) in [6, 6.07) is 4.24. The zero-order valence-electron chi connectivity index (χ0n) is 16.3. The Labute approximate surface area is 192 Å². The fourth-order valence-corrected chi connectivity index (χ4v) is 2.92. The van der Waals surface area contributed by atoms with Crippen molar-refractivity contribution in [2.75, 3.05) is 19.6 Å². The fraction of sp³-hybridized carbons (Fsp3) is 0.389. The van der Waals surface area contributed by atoms with Gasteiger partial charge >= 0.3 is 6.18 Å². The van der Waals surface area contributed by atoms with Crippen LogP contribution >= 0.6 is 35.3 Å². The van der Waals surface area contributed by atoms with E-state index in [0.717, 1.165) is 16.7 Å². The highest BCUT2D eigenvalue weighted by Gasteiger charge is 2.33. The number of hydrogen-bond acceptors (Lipinski definition) is 4. The van der Waals surface area contributed by atoms with Crippen LogP contribution in [0.1, 0.15) is 33.5 Å². The molecular weight excluding hydrogens is 537 g/mol. The van der Waals surface area contributed by atoms with Gasteiger partial charge in [-0.1, -0.05) is 6.07 Å². The standard InChI is InChI=1S/C18H21F4N5OS.HI/c1-3-23-17(26-9-15-27-14(10-29-15)18(20,21)22)25-7-6-24-16(28)12-5-4-11(2)13(19)8-12;/h4-5,8,10H,3,6-7,9H2,1-2H3,(H,24,28)(H2,23,25,26);1H. The molecule has 0 atom stereocenters. The second kappa shape index (κ2) is 12.0. The van der Waals surface area contributed by atoms with Gasteiger partial charge in [-0.2, -0.15) is 13.2 Å². The number of thiazole rings is 1. The van der Waals surface area contributed by atoms with E-state index in [1.54, 1.807) is 6.92 Å². The molecule has 1 aromatic heterocycles. The average Bonchev–Trinajstić information content (AvgIpc) is 3.14. The highest BCUT2D eigenvalue weighted by atomic mass is 127. The highest BCUT2D eigenvalue weighted by Crippen LogP contribution is 2.30. The maximum absolute atomic E-state index is 13.5. The molecule has 0 aliphatic carbocycles.